The van der Waals surface area contributed by atoms with Crippen LogP contribution in [0.4, 0.5) is 0 Å². The maximum Gasteiger partial charge on any atom is 0.0850 e. The molecule has 2 aliphatic rings. The van der Waals surface area contributed by atoms with E-state index in [9.17, 15) is 0 Å². The Morgan fingerprint density at radius 2 is 2.17 bits per heavy atom. The first-order valence-electron chi connectivity index (χ1n) is 6.92. The van der Waals surface area contributed by atoms with Gasteiger partial charge < -0.3 is 4.74 Å². The first-order chi connectivity index (χ1) is 8.86. The van der Waals surface area contributed by atoms with E-state index in [2.05, 4.69) is 31.2 Å². The van der Waals surface area contributed by atoms with E-state index < -0.39 is 0 Å². The molecule has 2 atom stereocenters. The van der Waals surface area contributed by atoms with Gasteiger partial charge in [-0.2, -0.15) is 0 Å². The second kappa shape index (κ2) is 3.79. The van der Waals surface area contributed by atoms with Crippen molar-refractivity contribution in [2.45, 2.75) is 44.8 Å². The summed E-state index contributed by atoms with van der Waals surface area (Å²) in [6.07, 6.45) is 5.16. The van der Waals surface area contributed by atoms with Crippen molar-refractivity contribution in [3.63, 3.8) is 0 Å². The van der Waals surface area contributed by atoms with Crippen LogP contribution in [0.1, 0.15) is 42.7 Å². The monoisotopic (exact) mass is 239 g/mol. The van der Waals surface area contributed by atoms with E-state index in [-0.39, 0.29) is 0 Å². The highest BCUT2D eigenvalue weighted by molar-refractivity contribution is 5.84. The predicted molar refractivity (Wildman–Crippen MR) is 71.7 cm³/mol. The molecule has 4 rings (SSSR count). The van der Waals surface area contributed by atoms with Crippen LogP contribution >= 0.6 is 0 Å². The van der Waals surface area contributed by atoms with Crippen LogP contribution < -0.4 is 0 Å². The standard InChI is InChI=1S/C16H17NO/c1-2-11-12-5-3-4-6-13(12)17-14-9-10-7-8-15(18-10)16(11)14/h3-6,10,15H,2,7-9H2,1H3. The van der Waals surface area contributed by atoms with Crippen LogP contribution in [-0.2, 0) is 17.6 Å². The average Bonchev–Trinajstić information content (AvgIpc) is 2.79. The summed E-state index contributed by atoms with van der Waals surface area (Å²) in [6, 6.07) is 8.51. The fraction of sp³-hybridized carbons (Fsp3) is 0.438. The molecule has 2 heteroatoms. The lowest BCUT2D eigenvalue weighted by molar-refractivity contribution is 0.0307. The summed E-state index contributed by atoms with van der Waals surface area (Å²) in [5.41, 5.74) is 5.31. The molecule has 1 aromatic heterocycles. The number of aromatic nitrogens is 1. The molecule has 0 aliphatic carbocycles. The van der Waals surface area contributed by atoms with Gasteiger partial charge >= 0.3 is 0 Å². The fourth-order valence-electron chi connectivity index (χ4n) is 3.55. The minimum Gasteiger partial charge on any atom is -0.370 e. The molecule has 2 aliphatic heterocycles. The lowest BCUT2D eigenvalue weighted by Crippen LogP contribution is -2.21. The smallest absolute Gasteiger partial charge is 0.0850 e. The summed E-state index contributed by atoms with van der Waals surface area (Å²) in [4.78, 5) is 4.89. The molecule has 92 valence electrons. The van der Waals surface area contributed by atoms with Crippen molar-refractivity contribution < 1.29 is 4.74 Å². The molecule has 0 spiro atoms. The lowest BCUT2D eigenvalue weighted by atomic mass is 9.93. The summed E-state index contributed by atoms with van der Waals surface area (Å²) >= 11 is 0. The topological polar surface area (TPSA) is 22.1 Å². The number of ether oxygens (including phenoxy) is 1. The van der Waals surface area contributed by atoms with Gasteiger partial charge in [-0.1, -0.05) is 25.1 Å². The van der Waals surface area contributed by atoms with Crippen LogP contribution in [-0.4, -0.2) is 11.1 Å². The number of nitrogens with zero attached hydrogens (tertiary/aromatic N) is 1. The van der Waals surface area contributed by atoms with Crippen molar-refractivity contribution in [2.24, 2.45) is 0 Å². The molecule has 2 bridgehead atoms. The van der Waals surface area contributed by atoms with Crippen LogP contribution in [0.2, 0.25) is 0 Å². The Hall–Kier alpha value is -1.41. The van der Waals surface area contributed by atoms with Crippen LogP contribution in [0.3, 0.4) is 0 Å². The number of aryl methyl sites for hydroxylation is 1. The highest BCUT2D eigenvalue weighted by Crippen LogP contribution is 2.43. The second-order valence-electron chi connectivity index (χ2n) is 5.35. The van der Waals surface area contributed by atoms with Gasteiger partial charge in [-0.3, -0.25) is 4.98 Å². The van der Waals surface area contributed by atoms with Crippen molar-refractivity contribution in [2.75, 3.05) is 0 Å². The van der Waals surface area contributed by atoms with E-state index in [1.807, 2.05) is 0 Å². The third kappa shape index (κ3) is 1.36. The number of fused-ring (bicyclic) bond motifs is 5. The summed E-state index contributed by atoms with van der Waals surface area (Å²) in [6.45, 7) is 2.24. The minimum absolute atomic E-state index is 0.311. The normalized spacial score (nSPS) is 25.4. The number of para-hydroxylation sites is 1. The molecule has 18 heavy (non-hydrogen) atoms. The van der Waals surface area contributed by atoms with Crippen molar-refractivity contribution in [1.29, 1.82) is 0 Å². The number of rotatable bonds is 1. The minimum atomic E-state index is 0.311. The quantitative estimate of drug-likeness (QED) is 0.759. The maximum absolute atomic E-state index is 6.08. The Labute approximate surface area is 107 Å². The van der Waals surface area contributed by atoms with E-state index in [1.165, 1.54) is 35.0 Å². The zero-order chi connectivity index (χ0) is 12.1. The Morgan fingerprint density at radius 1 is 1.28 bits per heavy atom. The average molecular weight is 239 g/mol. The summed E-state index contributed by atoms with van der Waals surface area (Å²) in [5, 5.41) is 1.31. The zero-order valence-electron chi connectivity index (χ0n) is 10.6. The van der Waals surface area contributed by atoms with Crippen molar-refractivity contribution in [3.8, 4) is 0 Å². The van der Waals surface area contributed by atoms with Crippen LogP contribution in [0.5, 0.6) is 0 Å². The number of pyridine rings is 1. The molecule has 0 N–H and O–H groups in total. The molecule has 2 unspecified atom stereocenters. The maximum atomic E-state index is 6.08. The van der Waals surface area contributed by atoms with Gasteiger partial charge in [0.15, 0.2) is 0 Å². The fourth-order valence-corrected chi connectivity index (χ4v) is 3.55. The van der Waals surface area contributed by atoms with E-state index in [0.717, 1.165) is 18.4 Å². The van der Waals surface area contributed by atoms with Crippen molar-refractivity contribution in [3.05, 3.63) is 41.1 Å². The zero-order valence-corrected chi connectivity index (χ0v) is 10.6. The van der Waals surface area contributed by atoms with Gasteiger partial charge in [-0.15, -0.1) is 0 Å². The third-order valence-corrected chi connectivity index (χ3v) is 4.32. The van der Waals surface area contributed by atoms with Gasteiger partial charge in [0.05, 0.1) is 17.7 Å². The first kappa shape index (κ1) is 10.5. The van der Waals surface area contributed by atoms with Crippen LogP contribution in [0.25, 0.3) is 10.9 Å². The molecule has 1 aromatic carbocycles. The van der Waals surface area contributed by atoms with Gasteiger partial charge in [0, 0.05) is 23.1 Å². The highest BCUT2D eigenvalue weighted by atomic mass is 16.5. The van der Waals surface area contributed by atoms with Crippen molar-refractivity contribution in [1.82, 2.24) is 4.98 Å². The predicted octanol–water partition coefficient (Wildman–Crippen LogP) is 3.57. The number of hydrogen-bond donors (Lipinski definition) is 0. The number of hydrogen-bond acceptors (Lipinski definition) is 2. The molecule has 1 saturated heterocycles. The molecular formula is C16H17NO. The summed E-state index contributed by atoms with van der Waals surface area (Å²) < 4.78 is 6.08. The Morgan fingerprint density at radius 3 is 3.06 bits per heavy atom. The second-order valence-corrected chi connectivity index (χ2v) is 5.35. The molecule has 2 aromatic rings. The number of benzene rings is 1. The molecule has 0 saturated carbocycles. The van der Waals surface area contributed by atoms with E-state index in [4.69, 9.17) is 9.72 Å². The van der Waals surface area contributed by atoms with Gasteiger partial charge in [0.2, 0.25) is 0 Å². The molecule has 3 heterocycles. The Balaban J connectivity index is 2.05. The SMILES string of the molecule is CCc1c2c(nc3ccccc13)CC1CCC2O1. The summed E-state index contributed by atoms with van der Waals surface area (Å²) in [7, 11) is 0. The molecule has 1 fully saturated rings. The van der Waals surface area contributed by atoms with E-state index >= 15 is 0 Å². The molecule has 2 nitrogen and oxygen atoms in total. The van der Waals surface area contributed by atoms with Crippen molar-refractivity contribution >= 4 is 10.9 Å². The van der Waals surface area contributed by atoms with Gasteiger partial charge in [0.1, 0.15) is 0 Å². The van der Waals surface area contributed by atoms with E-state index in [1.54, 1.807) is 0 Å². The van der Waals surface area contributed by atoms with E-state index in [0.29, 0.717) is 12.2 Å². The molecular weight excluding hydrogens is 222 g/mol. The third-order valence-electron chi connectivity index (χ3n) is 4.32. The first-order valence-corrected chi connectivity index (χ1v) is 6.92. The molecule has 0 amide bonds. The lowest BCUT2D eigenvalue weighted by Gasteiger charge is -2.26. The Kier molecular flexibility index (Phi) is 2.21. The van der Waals surface area contributed by atoms with Crippen LogP contribution in [0.15, 0.2) is 24.3 Å². The Bertz CT molecular complexity index is 620. The van der Waals surface area contributed by atoms with Gasteiger partial charge in [-0.05, 0) is 30.9 Å². The largest absolute Gasteiger partial charge is 0.370 e. The summed E-state index contributed by atoms with van der Waals surface area (Å²) in [5.74, 6) is 0. The van der Waals surface area contributed by atoms with Gasteiger partial charge in [-0.25, -0.2) is 0 Å². The van der Waals surface area contributed by atoms with Crippen LogP contribution in [0, 0.1) is 0 Å². The van der Waals surface area contributed by atoms with Gasteiger partial charge in [0.25, 0.3) is 0 Å². The highest BCUT2D eigenvalue weighted by Gasteiger charge is 2.36. The molecule has 0 radical (unpaired) electrons.